The van der Waals surface area contributed by atoms with Crippen LogP contribution in [0.2, 0.25) is 5.02 Å². The second-order valence-electron chi connectivity index (χ2n) is 4.57. The molecule has 2 rings (SSSR count). The molecule has 0 radical (unpaired) electrons. The Morgan fingerprint density at radius 1 is 1.17 bits per heavy atom. The van der Waals surface area contributed by atoms with Crippen LogP contribution in [0.15, 0.2) is 29.3 Å². The van der Waals surface area contributed by atoms with Gasteiger partial charge >= 0.3 is 0 Å². The van der Waals surface area contributed by atoms with E-state index in [-0.39, 0.29) is 0 Å². The fraction of sp³-hybridized carbons (Fsp3) is 0.267. The van der Waals surface area contributed by atoms with E-state index < -0.39 is 0 Å². The zero-order valence-corrected chi connectivity index (χ0v) is 11.9. The minimum atomic E-state index is 0.716. The largest absolute Gasteiger partial charge is 0.352 e. The standard InChI is InChI=1S/C15H17ClN2/c1-10-5-6-14(16)8-15(10)17-9-13-7-11(2)18(4)12(13)3/h5-9H,1-4H3. The average molecular weight is 261 g/mol. The molecule has 0 saturated heterocycles. The third-order valence-corrected chi connectivity index (χ3v) is 3.56. The highest BCUT2D eigenvalue weighted by atomic mass is 35.5. The van der Waals surface area contributed by atoms with Gasteiger partial charge in [-0.1, -0.05) is 17.7 Å². The van der Waals surface area contributed by atoms with Gasteiger partial charge in [-0.25, -0.2) is 0 Å². The SMILES string of the molecule is Cc1ccc(Cl)cc1N=Cc1cc(C)n(C)c1C. The molecule has 2 nitrogen and oxygen atoms in total. The van der Waals surface area contributed by atoms with Crippen LogP contribution in [-0.2, 0) is 7.05 Å². The summed E-state index contributed by atoms with van der Waals surface area (Å²) >= 11 is 5.98. The molecule has 0 fully saturated rings. The quantitative estimate of drug-likeness (QED) is 0.714. The molecule has 0 aliphatic carbocycles. The lowest BCUT2D eigenvalue weighted by atomic mass is 10.2. The monoisotopic (exact) mass is 260 g/mol. The number of rotatable bonds is 2. The summed E-state index contributed by atoms with van der Waals surface area (Å²) in [6.45, 7) is 6.22. The van der Waals surface area contributed by atoms with Crippen molar-refractivity contribution in [2.24, 2.45) is 12.0 Å². The fourth-order valence-electron chi connectivity index (χ4n) is 1.88. The summed E-state index contributed by atoms with van der Waals surface area (Å²) in [5.41, 5.74) is 5.64. The Balaban J connectivity index is 2.35. The molecule has 0 aliphatic heterocycles. The van der Waals surface area contributed by atoms with Crippen molar-refractivity contribution >= 4 is 23.5 Å². The van der Waals surface area contributed by atoms with E-state index in [9.17, 15) is 0 Å². The van der Waals surface area contributed by atoms with Crippen LogP contribution in [-0.4, -0.2) is 10.8 Å². The normalized spacial score (nSPS) is 11.4. The molecule has 0 saturated carbocycles. The second kappa shape index (κ2) is 4.99. The lowest BCUT2D eigenvalue weighted by molar-refractivity contribution is 0.843. The summed E-state index contributed by atoms with van der Waals surface area (Å²) in [4.78, 5) is 4.53. The van der Waals surface area contributed by atoms with Gasteiger partial charge in [0, 0.05) is 35.2 Å². The van der Waals surface area contributed by atoms with Crippen molar-refractivity contribution in [3.8, 4) is 0 Å². The summed E-state index contributed by atoms with van der Waals surface area (Å²) in [6, 6.07) is 7.89. The Labute approximate surface area is 113 Å². The van der Waals surface area contributed by atoms with Crippen LogP contribution in [0.4, 0.5) is 5.69 Å². The predicted molar refractivity (Wildman–Crippen MR) is 78.3 cm³/mol. The first-order valence-corrected chi connectivity index (χ1v) is 6.30. The zero-order valence-electron chi connectivity index (χ0n) is 11.2. The van der Waals surface area contributed by atoms with Crippen molar-refractivity contribution in [3.05, 3.63) is 51.8 Å². The number of aryl methyl sites for hydroxylation is 2. The van der Waals surface area contributed by atoms with Crippen LogP contribution in [0.25, 0.3) is 0 Å². The van der Waals surface area contributed by atoms with Gasteiger partial charge in [-0.05, 0) is 44.5 Å². The summed E-state index contributed by atoms with van der Waals surface area (Å²) in [5, 5.41) is 0.716. The third kappa shape index (κ3) is 2.49. The van der Waals surface area contributed by atoms with Crippen LogP contribution < -0.4 is 0 Å². The summed E-state index contributed by atoms with van der Waals surface area (Å²) in [7, 11) is 2.06. The highest BCUT2D eigenvalue weighted by Gasteiger charge is 2.03. The third-order valence-electron chi connectivity index (χ3n) is 3.33. The highest BCUT2D eigenvalue weighted by Crippen LogP contribution is 2.23. The van der Waals surface area contributed by atoms with E-state index in [1.54, 1.807) is 0 Å². The Kier molecular flexibility index (Phi) is 3.58. The van der Waals surface area contributed by atoms with E-state index in [4.69, 9.17) is 11.6 Å². The maximum absolute atomic E-state index is 5.98. The second-order valence-corrected chi connectivity index (χ2v) is 5.01. The van der Waals surface area contributed by atoms with Crippen molar-refractivity contribution in [1.82, 2.24) is 4.57 Å². The first-order chi connectivity index (χ1) is 8.49. The van der Waals surface area contributed by atoms with E-state index in [0.29, 0.717) is 5.02 Å². The Morgan fingerprint density at radius 2 is 1.89 bits per heavy atom. The van der Waals surface area contributed by atoms with Crippen molar-refractivity contribution in [3.63, 3.8) is 0 Å². The first kappa shape index (κ1) is 12.9. The molecule has 2 aromatic rings. The highest BCUT2D eigenvalue weighted by molar-refractivity contribution is 6.30. The van der Waals surface area contributed by atoms with Gasteiger partial charge in [0.1, 0.15) is 0 Å². The minimum absolute atomic E-state index is 0.716. The predicted octanol–water partition coefficient (Wildman–Crippen LogP) is 4.35. The Morgan fingerprint density at radius 3 is 2.50 bits per heavy atom. The molecule has 0 unspecified atom stereocenters. The van der Waals surface area contributed by atoms with E-state index in [1.807, 2.05) is 31.3 Å². The van der Waals surface area contributed by atoms with Crippen molar-refractivity contribution in [2.75, 3.05) is 0 Å². The van der Waals surface area contributed by atoms with Gasteiger partial charge in [0.15, 0.2) is 0 Å². The molecule has 18 heavy (non-hydrogen) atoms. The van der Waals surface area contributed by atoms with E-state index in [2.05, 4.69) is 36.5 Å². The Bertz CT molecular complexity index is 609. The van der Waals surface area contributed by atoms with Crippen molar-refractivity contribution in [1.29, 1.82) is 0 Å². The minimum Gasteiger partial charge on any atom is -0.352 e. The van der Waals surface area contributed by atoms with Crippen LogP contribution in [0, 0.1) is 20.8 Å². The molecule has 0 N–H and O–H groups in total. The summed E-state index contributed by atoms with van der Waals surface area (Å²) in [5.74, 6) is 0. The molecular formula is C15H17ClN2. The molecule has 0 atom stereocenters. The van der Waals surface area contributed by atoms with Gasteiger partial charge < -0.3 is 4.57 Å². The Hall–Kier alpha value is -1.54. The van der Waals surface area contributed by atoms with Crippen LogP contribution in [0.5, 0.6) is 0 Å². The van der Waals surface area contributed by atoms with Gasteiger partial charge in [0.25, 0.3) is 0 Å². The van der Waals surface area contributed by atoms with Crippen LogP contribution in [0.3, 0.4) is 0 Å². The maximum atomic E-state index is 5.98. The topological polar surface area (TPSA) is 17.3 Å². The van der Waals surface area contributed by atoms with Gasteiger partial charge in [0.2, 0.25) is 0 Å². The molecule has 0 bridgehead atoms. The van der Waals surface area contributed by atoms with Gasteiger partial charge in [-0.2, -0.15) is 0 Å². The molecule has 1 aromatic carbocycles. The fourth-order valence-corrected chi connectivity index (χ4v) is 2.04. The van der Waals surface area contributed by atoms with E-state index in [1.165, 1.54) is 11.4 Å². The van der Waals surface area contributed by atoms with Gasteiger partial charge in [-0.3, -0.25) is 4.99 Å². The lowest BCUT2D eigenvalue weighted by Crippen LogP contribution is -1.93. The number of hydrogen-bond acceptors (Lipinski definition) is 1. The summed E-state index contributed by atoms with van der Waals surface area (Å²) in [6.07, 6.45) is 1.90. The average Bonchev–Trinajstić information content (AvgIpc) is 2.58. The van der Waals surface area contributed by atoms with Gasteiger partial charge in [-0.15, -0.1) is 0 Å². The zero-order chi connectivity index (χ0) is 13.3. The first-order valence-electron chi connectivity index (χ1n) is 5.92. The molecule has 1 aromatic heterocycles. The number of halogens is 1. The molecular weight excluding hydrogens is 244 g/mol. The summed E-state index contributed by atoms with van der Waals surface area (Å²) < 4.78 is 2.16. The molecule has 0 spiro atoms. The van der Waals surface area contributed by atoms with E-state index >= 15 is 0 Å². The molecule has 0 amide bonds. The van der Waals surface area contributed by atoms with Crippen LogP contribution >= 0.6 is 11.6 Å². The van der Waals surface area contributed by atoms with E-state index in [0.717, 1.165) is 16.8 Å². The van der Waals surface area contributed by atoms with Crippen LogP contribution in [0.1, 0.15) is 22.5 Å². The smallest absolute Gasteiger partial charge is 0.0673 e. The number of aliphatic imine (C=N–C) groups is 1. The van der Waals surface area contributed by atoms with Gasteiger partial charge in [0.05, 0.1) is 5.69 Å². The lowest BCUT2D eigenvalue weighted by Gasteiger charge is -2.01. The van der Waals surface area contributed by atoms with Crippen molar-refractivity contribution < 1.29 is 0 Å². The molecule has 0 aliphatic rings. The number of nitrogens with zero attached hydrogens (tertiary/aromatic N) is 2. The maximum Gasteiger partial charge on any atom is 0.0673 e. The number of benzene rings is 1. The number of hydrogen-bond donors (Lipinski definition) is 0. The molecule has 3 heteroatoms. The molecule has 94 valence electrons. The number of aromatic nitrogens is 1. The molecule has 1 heterocycles. The van der Waals surface area contributed by atoms with Crippen molar-refractivity contribution in [2.45, 2.75) is 20.8 Å².